The lowest BCUT2D eigenvalue weighted by Crippen LogP contribution is -2.43. The van der Waals surface area contributed by atoms with E-state index in [1.807, 2.05) is 6.92 Å². The summed E-state index contributed by atoms with van der Waals surface area (Å²) in [6.45, 7) is 2.10. The molecule has 1 aromatic rings. The molecule has 1 heterocycles. The zero-order chi connectivity index (χ0) is 14.5. The van der Waals surface area contributed by atoms with Gasteiger partial charge in [0.1, 0.15) is 5.15 Å². The summed E-state index contributed by atoms with van der Waals surface area (Å²) in [5.41, 5.74) is 1.36. The monoisotopic (exact) mass is 296 g/mol. The van der Waals surface area contributed by atoms with Gasteiger partial charge in [-0.05, 0) is 31.4 Å². The molecule has 1 amide bonds. The summed E-state index contributed by atoms with van der Waals surface area (Å²) in [6.07, 6.45) is 4.86. The van der Waals surface area contributed by atoms with Crippen LogP contribution in [-0.4, -0.2) is 28.6 Å². The van der Waals surface area contributed by atoms with Gasteiger partial charge >= 0.3 is 0 Å². The van der Waals surface area contributed by atoms with Crippen molar-refractivity contribution >= 4 is 17.5 Å². The largest absolute Gasteiger partial charge is 0.396 e. The molecule has 1 fully saturated rings. The van der Waals surface area contributed by atoms with Gasteiger partial charge in [0.15, 0.2) is 0 Å². The first kappa shape index (κ1) is 15.3. The molecule has 0 bridgehead atoms. The Kier molecular flexibility index (Phi) is 5.38. The van der Waals surface area contributed by atoms with Crippen LogP contribution < -0.4 is 5.32 Å². The molecule has 0 radical (unpaired) electrons. The molecule has 2 unspecified atom stereocenters. The van der Waals surface area contributed by atoms with Crippen molar-refractivity contribution in [1.82, 2.24) is 10.3 Å². The highest BCUT2D eigenvalue weighted by Crippen LogP contribution is 2.24. The fourth-order valence-corrected chi connectivity index (χ4v) is 2.96. The number of aliphatic hydroxyl groups is 1. The normalized spacial score (nSPS) is 22.6. The Hall–Kier alpha value is -1.13. The molecule has 0 aromatic carbocycles. The van der Waals surface area contributed by atoms with Gasteiger partial charge in [-0.15, -0.1) is 0 Å². The first-order chi connectivity index (χ1) is 9.63. The average molecular weight is 297 g/mol. The van der Waals surface area contributed by atoms with Crippen LogP contribution in [0.4, 0.5) is 0 Å². The molecule has 2 N–H and O–H groups in total. The Morgan fingerprint density at radius 3 is 2.90 bits per heavy atom. The van der Waals surface area contributed by atoms with Crippen LogP contribution >= 0.6 is 11.6 Å². The fraction of sp³-hybridized carbons (Fsp3) is 0.600. The summed E-state index contributed by atoms with van der Waals surface area (Å²) in [7, 11) is 0. The third-order valence-corrected chi connectivity index (χ3v) is 4.13. The minimum atomic E-state index is -0.130. The molecule has 20 heavy (non-hydrogen) atoms. The molecule has 1 aliphatic carbocycles. The Morgan fingerprint density at radius 1 is 1.45 bits per heavy atom. The zero-order valence-corrected chi connectivity index (χ0v) is 12.5. The molecule has 1 aliphatic rings. The van der Waals surface area contributed by atoms with Crippen LogP contribution in [0.3, 0.4) is 0 Å². The van der Waals surface area contributed by atoms with Crippen LogP contribution in [0.15, 0.2) is 12.1 Å². The SMILES string of the molecule is CCc1cc(C(=O)NC2CCCCC2CO)cc(Cl)n1. The maximum atomic E-state index is 12.3. The zero-order valence-electron chi connectivity index (χ0n) is 11.7. The minimum absolute atomic E-state index is 0.0540. The Bertz CT molecular complexity index is 479. The van der Waals surface area contributed by atoms with E-state index >= 15 is 0 Å². The second-order valence-corrected chi connectivity index (χ2v) is 5.72. The van der Waals surface area contributed by atoms with E-state index in [1.54, 1.807) is 12.1 Å². The minimum Gasteiger partial charge on any atom is -0.396 e. The van der Waals surface area contributed by atoms with Crippen molar-refractivity contribution in [1.29, 1.82) is 0 Å². The molecule has 0 aliphatic heterocycles. The molecule has 2 rings (SSSR count). The van der Waals surface area contributed by atoms with Crippen LogP contribution in [0.2, 0.25) is 5.15 Å². The van der Waals surface area contributed by atoms with Crippen molar-refractivity contribution in [2.24, 2.45) is 5.92 Å². The number of carbonyl (C=O) groups is 1. The Labute approximate surface area is 124 Å². The number of aromatic nitrogens is 1. The highest BCUT2D eigenvalue weighted by Gasteiger charge is 2.26. The van der Waals surface area contributed by atoms with Gasteiger partial charge in [-0.2, -0.15) is 0 Å². The van der Waals surface area contributed by atoms with Gasteiger partial charge in [0.05, 0.1) is 0 Å². The van der Waals surface area contributed by atoms with Crippen molar-refractivity contribution in [3.63, 3.8) is 0 Å². The van der Waals surface area contributed by atoms with Crippen LogP contribution in [-0.2, 0) is 6.42 Å². The number of nitrogens with one attached hydrogen (secondary N) is 1. The van der Waals surface area contributed by atoms with Crippen molar-refractivity contribution in [2.45, 2.75) is 45.1 Å². The van der Waals surface area contributed by atoms with Crippen LogP contribution in [0, 0.1) is 5.92 Å². The number of hydrogen-bond acceptors (Lipinski definition) is 3. The van der Waals surface area contributed by atoms with E-state index in [9.17, 15) is 9.90 Å². The van der Waals surface area contributed by atoms with Gasteiger partial charge in [-0.25, -0.2) is 4.98 Å². The summed E-state index contributed by atoms with van der Waals surface area (Å²) in [6, 6.07) is 3.42. The van der Waals surface area contributed by atoms with E-state index in [2.05, 4.69) is 10.3 Å². The van der Waals surface area contributed by atoms with Crippen molar-refractivity contribution < 1.29 is 9.90 Å². The average Bonchev–Trinajstić information content (AvgIpc) is 2.47. The number of pyridine rings is 1. The first-order valence-corrected chi connectivity index (χ1v) is 7.60. The van der Waals surface area contributed by atoms with E-state index < -0.39 is 0 Å². The first-order valence-electron chi connectivity index (χ1n) is 7.22. The molecular formula is C15H21ClN2O2. The molecule has 1 aromatic heterocycles. The number of carbonyl (C=O) groups excluding carboxylic acids is 1. The van der Waals surface area contributed by atoms with Gasteiger partial charge in [0.25, 0.3) is 5.91 Å². The van der Waals surface area contributed by atoms with Crippen LogP contribution in [0.1, 0.15) is 48.7 Å². The van der Waals surface area contributed by atoms with Gasteiger partial charge in [-0.1, -0.05) is 31.4 Å². The second-order valence-electron chi connectivity index (χ2n) is 5.33. The summed E-state index contributed by atoms with van der Waals surface area (Å²) >= 11 is 5.94. The third-order valence-electron chi connectivity index (χ3n) is 3.93. The van der Waals surface area contributed by atoms with Crippen molar-refractivity contribution in [3.8, 4) is 0 Å². The third kappa shape index (κ3) is 3.70. The molecule has 110 valence electrons. The van der Waals surface area contributed by atoms with E-state index in [0.29, 0.717) is 10.7 Å². The van der Waals surface area contributed by atoms with Gasteiger partial charge in [0.2, 0.25) is 0 Å². The van der Waals surface area contributed by atoms with Crippen LogP contribution in [0.5, 0.6) is 0 Å². The second kappa shape index (κ2) is 7.04. The van der Waals surface area contributed by atoms with Crippen molar-refractivity contribution in [3.05, 3.63) is 28.5 Å². The lowest BCUT2D eigenvalue weighted by molar-refractivity contribution is 0.0872. The van der Waals surface area contributed by atoms with Gasteiger partial charge < -0.3 is 10.4 Å². The molecule has 5 heteroatoms. The number of halogens is 1. The Morgan fingerprint density at radius 2 is 2.20 bits per heavy atom. The summed E-state index contributed by atoms with van der Waals surface area (Å²) in [5.74, 6) is 0.0324. The maximum absolute atomic E-state index is 12.3. The highest BCUT2D eigenvalue weighted by molar-refractivity contribution is 6.29. The smallest absolute Gasteiger partial charge is 0.251 e. The number of hydrogen-bond donors (Lipinski definition) is 2. The predicted octanol–water partition coefficient (Wildman–Crippen LogP) is 2.58. The number of aryl methyl sites for hydroxylation is 1. The maximum Gasteiger partial charge on any atom is 0.251 e. The standard InChI is InChI=1S/C15H21ClN2O2/c1-2-12-7-11(8-14(16)17-12)15(20)18-13-6-4-3-5-10(13)9-19/h7-8,10,13,19H,2-6,9H2,1H3,(H,18,20). The molecule has 1 saturated carbocycles. The van der Waals surface area contributed by atoms with E-state index in [-0.39, 0.29) is 24.5 Å². The lowest BCUT2D eigenvalue weighted by atomic mass is 9.85. The molecular weight excluding hydrogens is 276 g/mol. The summed E-state index contributed by atoms with van der Waals surface area (Å²) in [4.78, 5) is 16.5. The molecule has 2 atom stereocenters. The quantitative estimate of drug-likeness (QED) is 0.840. The predicted molar refractivity (Wildman–Crippen MR) is 78.9 cm³/mol. The van der Waals surface area contributed by atoms with Crippen LogP contribution in [0.25, 0.3) is 0 Å². The van der Waals surface area contributed by atoms with E-state index in [1.165, 1.54) is 0 Å². The van der Waals surface area contributed by atoms with Crippen molar-refractivity contribution in [2.75, 3.05) is 6.61 Å². The number of aliphatic hydroxyl groups excluding tert-OH is 1. The molecule has 0 spiro atoms. The molecule has 4 nitrogen and oxygen atoms in total. The topological polar surface area (TPSA) is 62.2 Å². The number of nitrogens with zero attached hydrogens (tertiary/aromatic N) is 1. The fourth-order valence-electron chi connectivity index (χ4n) is 2.73. The van der Waals surface area contributed by atoms with E-state index in [0.717, 1.165) is 37.8 Å². The number of rotatable bonds is 4. The summed E-state index contributed by atoms with van der Waals surface area (Å²) < 4.78 is 0. The Balaban J connectivity index is 2.09. The number of amides is 1. The van der Waals surface area contributed by atoms with Gasteiger partial charge in [0, 0.05) is 29.8 Å². The molecule has 0 saturated heterocycles. The lowest BCUT2D eigenvalue weighted by Gasteiger charge is -2.30. The summed E-state index contributed by atoms with van der Waals surface area (Å²) in [5, 5.41) is 12.8. The van der Waals surface area contributed by atoms with E-state index in [4.69, 9.17) is 11.6 Å². The highest BCUT2D eigenvalue weighted by atomic mass is 35.5. The van der Waals surface area contributed by atoms with Gasteiger partial charge in [-0.3, -0.25) is 4.79 Å².